The summed E-state index contributed by atoms with van der Waals surface area (Å²) in [5, 5.41) is 8.40. The largest absolute Gasteiger partial charge is 0.0843 e. The monoisotopic (exact) mass is 262 g/mol. The Morgan fingerprint density at radius 1 is 0.474 bits per heavy atom. The smallest absolute Gasteiger partial charge is 0.0412 e. The topological polar surface area (TPSA) is 0 Å². The zero-order chi connectivity index (χ0) is 12.8. The highest BCUT2D eigenvalue weighted by atomic mass is 35.5. The molecule has 0 saturated heterocycles. The lowest BCUT2D eigenvalue weighted by molar-refractivity contribution is 1.77. The molecule has 0 amide bonds. The Hall–Kier alpha value is -2.05. The van der Waals surface area contributed by atoms with E-state index in [1.54, 1.807) is 0 Å². The Balaban J connectivity index is 2.43. The van der Waals surface area contributed by atoms with E-state index in [0.717, 1.165) is 5.02 Å². The maximum atomic E-state index is 6.17. The maximum Gasteiger partial charge on any atom is 0.0412 e. The molecular formula is C18H11Cl. The lowest BCUT2D eigenvalue weighted by Gasteiger charge is -2.10. The average molecular weight is 263 g/mol. The van der Waals surface area contributed by atoms with Crippen LogP contribution in [0.15, 0.2) is 66.7 Å². The van der Waals surface area contributed by atoms with Gasteiger partial charge in [-0.05, 0) is 44.5 Å². The Bertz CT molecular complexity index is 887. The molecule has 0 radical (unpaired) electrons. The molecule has 0 aliphatic heterocycles. The van der Waals surface area contributed by atoms with E-state index in [1.165, 1.54) is 32.3 Å². The molecule has 0 aliphatic carbocycles. The van der Waals surface area contributed by atoms with Crippen LogP contribution in [-0.4, -0.2) is 0 Å². The second-order valence-electron chi connectivity index (χ2n) is 4.78. The second kappa shape index (κ2) is 3.97. The van der Waals surface area contributed by atoms with Crippen molar-refractivity contribution in [3.05, 3.63) is 71.8 Å². The lowest BCUT2D eigenvalue weighted by Crippen LogP contribution is -1.82. The lowest BCUT2D eigenvalue weighted by atomic mass is 9.94. The summed E-state index contributed by atoms with van der Waals surface area (Å²) in [6.45, 7) is 0. The van der Waals surface area contributed by atoms with Gasteiger partial charge in [-0.2, -0.15) is 0 Å². The van der Waals surface area contributed by atoms with Crippen LogP contribution in [0.4, 0.5) is 0 Å². The van der Waals surface area contributed by atoms with Crippen LogP contribution in [0.3, 0.4) is 0 Å². The van der Waals surface area contributed by atoms with Crippen molar-refractivity contribution in [3.63, 3.8) is 0 Å². The van der Waals surface area contributed by atoms with Crippen LogP contribution < -0.4 is 0 Å². The van der Waals surface area contributed by atoms with Gasteiger partial charge in [0.2, 0.25) is 0 Å². The van der Waals surface area contributed by atoms with Gasteiger partial charge < -0.3 is 0 Å². The molecule has 4 aromatic rings. The number of hydrogen-bond acceptors (Lipinski definition) is 0. The van der Waals surface area contributed by atoms with Crippen molar-refractivity contribution in [2.45, 2.75) is 0 Å². The SMILES string of the molecule is Clc1ccc2c3ccccc3c3ccccc3c2c1. The number of fused-ring (bicyclic) bond motifs is 6. The summed E-state index contributed by atoms with van der Waals surface area (Å²) in [5.41, 5.74) is 0. The maximum absolute atomic E-state index is 6.17. The minimum atomic E-state index is 0.785. The normalized spacial score (nSPS) is 11.4. The number of halogens is 1. The fourth-order valence-corrected chi connectivity index (χ4v) is 3.05. The molecule has 0 aromatic heterocycles. The van der Waals surface area contributed by atoms with Crippen LogP contribution in [0, 0.1) is 0 Å². The first-order valence-corrected chi connectivity index (χ1v) is 6.71. The molecule has 0 unspecified atom stereocenters. The minimum Gasteiger partial charge on any atom is -0.0843 e. The molecule has 0 nitrogen and oxygen atoms in total. The summed E-state index contributed by atoms with van der Waals surface area (Å²) >= 11 is 6.17. The Morgan fingerprint density at radius 2 is 0.895 bits per heavy atom. The van der Waals surface area contributed by atoms with Crippen molar-refractivity contribution < 1.29 is 0 Å². The summed E-state index contributed by atoms with van der Waals surface area (Å²) in [6, 6.07) is 23.2. The summed E-state index contributed by atoms with van der Waals surface area (Å²) in [6.07, 6.45) is 0. The number of benzene rings is 4. The van der Waals surface area contributed by atoms with Gasteiger partial charge in [0.25, 0.3) is 0 Å². The highest BCUT2D eigenvalue weighted by Gasteiger charge is 2.07. The molecule has 4 aromatic carbocycles. The van der Waals surface area contributed by atoms with Crippen LogP contribution in [0.25, 0.3) is 32.3 Å². The van der Waals surface area contributed by atoms with Crippen LogP contribution in [0.2, 0.25) is 5.02 Å². The molecule has 0 saturated carbocycles. The first-order chi connectivity index (χ1) is 9.34. The van der Waals surface area contributed by atoms with Crippen molar-refractivity contribution >= 4 is 43.9 Å². The van der Waals surface area contributed by atoms with Gasteiger partial charge in [-0.3, -0.25) is 0 Å². The Kier molecular flexibility index (Phi) is 2.27. The van der Waals surface area contributed by atoms with Gasteiger partial charge in [0.1, 0.15) is 0 Å². The molecule has 0 fully saturated rings. The molecule has 0 aliphatic rings. The first kappa shape index (κ1) is 10.8. The molecule has 0 bridgehead atoms. The van der Waals surface area contributed by atoms with Crippen molar-refractivity contribution in [3.8, 4) is 0 Å². The van der Waals surface area contributed by atoms with Crippen molar-refractivity contribution in [2.24, 2.45) is 0 Å². The average Bonchev–Trinajstić information content (AvgIpc) is 2.47. The molecule has 0 N–H and O–H groups in total. The third kappa shape index (κ3) is 1.54. The molecule has 0 heterocycles. The Labute approximate surface area is 116 Å². The van der Waals surface area contributed by atoms with Crippen molar-refractivity contribution in [2.75, 3.05) is 0 Å². The summed E-state index contributed by atoms with van der Waals surface area (Å²) in [5.74, 6) is 0. The van der Waals surface area contributed by atoms with E-state index in [2.05, 4.69) is 60.7 Å². The molecule has 19 heavy (non-hydrogen) atoms. The standard InChI is InChI=1S/C18H11Cl/c19-12-9-10-17-15-7-2-1-5-13(15)14-6-3-4-8-16(14)18(17)11-12/h1-11H. The Morgan fingerprint density at radius 3 is 1.42 bits per heavy atom. The van der Waals surface area contributed by atoms with Crippen LogP contribution >= 0.6 is 11.6 Å². The van der Waals surface area contributed by atoms with E-state index in [1.807, 2.05) is 6.07 Å². The zero-order valence-electron chi connectivity index (χ0n) is 10.2. The first-order valence-electron chi connectivity index (χ1n) is 6.33. The summed E-state index contributed by atoms with van der Waals surface area (Å²) in [7, 11) is 0. The van der Waals surface area contributed by atoms with Gasteiger partial charge in [0.05, 0.1) is 0 Å². The predicted octanol–water partition coefficient (Wildman–Crippen LogP) is 5.80. The van der Waals surface area contributed by atoms with Crippen molar-refractivity contribution in [1.29, 1.82) is 0 Å². The van der Waals surface area contributed by atoms with E-state index < -0.39 is 0 Å². The van der Waals surface area contributed by atoms with E-state index in [-0.39, 0.29) is 0 Å². The molecule has 4 rings (SSSR count). The highest BCUT2D eigenvalue weighted by Crippen LogP contribution is 2.35. The van der Waals surface area contributed by atoms with E-state index in [4.69, 9.17) is 11.6 Å². The quantitative estimate of drug-likeness (QED) is 0.351. The molecule has 90 valence electrons. The molecular weight excluding hydrogens is 252 g/mol. The second-order valence-corrected chi connectivity index (χ2v) is 5.22. The zero-order valence-corrected chi connectivity index (χ0v) is 11.0. The van der Waals surface area contributed by atoms with E-state index in [0.29, 0.717) is 0 Å². The van der Waals surface area contributed by atoms with Crippen LogP contribution in [0.1, 0.15) is 0 Å². The van der Waals surface area contributed by atoms with Gasteiger partial charge in [-0.1, -0.05) is 66.2 Å². The highest BCUT2D eigenvalue weighted by molar-refractivity contribution is 6.33. The fourth-order valence-electron chi connectivity index (χ4n) is 2.88. The molecule has 0 spiro atoms. The van der Waals surface area contributed by atoms with Crippen LogP contribution in [-0.2, 0) is 0 Å². The van der Waals surface area contributed by atoms with Gasteiger partial charge >= 0.3 is 0 Å². The van der Waals surface area contributed by atoms with Crippen LogP contribution in [0.5, 0.6) is 0 Å². The minimum absolute atomic E-state index is 0.785. The van der Waals surface area contributed by atoms with Gasteiger partial charge in [0, 0.05) is 5.02 Å². The third-order valence-electron chi connectivity index (χ3n) is 3.71. The third-order valence-corrected chi connectivity index (χ3v) is 3.94. The molecule has 1 heteroatoms. The van der Waals surface area contributed by atoms with Gasteiger partial charge in [-0.25, -0.2) is 0 Å². The predicted molar refractivity (Wildman–Crippen MR) is 84.0 cm³/mol. The number of rotatable bonds is 0. The summed E-state index contributed by atoms with van der Waals surface area (Å²) < 4.78 is 0. The van der Waals surface area contributed by atoms with Gasteiger partial charge in [0.15, 0.2) is 0 Å². The fraction of sp³-hybridized carbons (Fsp3) is 0. The summed E-state index contributed by atoms with van der Waals surface area (Å²) in [4.78, 5) is 0. The molecule has 0 atom stereocenters. The van der Waals surface area contributed by atoms with E-state index >= 15 is 0 Å². The van der Waals surface area contributed by atoms with Gasteiger partial charge in [-0.15, -0.1) is 0 Å². The van der Waals surface area contributed by atoms with E-state index in [9.17, 15) is 0 Å². The number of hydrogen-bond donors (Lipinski definition) is 0. The van der Waals surface area contributed by atoms with Crippen molar-refractivity contribution in [1.82, 2.24) is 0 Å².